The number of anilines is 2. The van der Waals surface area contributed by atoms with Gasteiger partial charge in [0.05, 0.1) is 0 Å². The van der Waals surface area contributed by atoms with Crippen molar-refractivity contribution in [3.63, 3.8) is 0 Å². The van der Waals surface area contributed by atoms with Crippen molar-refractivity contribution in [3.8, 4) is 0 Å². The summed E-state index contributed by atoms with van der Waals surface area (Å²) >= 11 is 3.35. The number of carbonyl (C=O) groups is 1. The molecule has 4 heteroatoms. The van der Waals surface area contributed by atoms with Crippen molar-refractivity contribution in [2.45, 2.75) is 44.9 Å². The van der Waals surface area contributed by atoms with Crippen LogP contribution in [0.2, 0.25) is 0 Å². The van der Waals surface area contributed by atoms with E-state index in [2.05, 4.69) is 21.2 Å². The summed E-state index contributed by atoms with van der Waals surface area (Å²) in [7, 11) is 0. The van der Waals surface area contributed by atoms with Crippen LogP contribution < -0.4 is 11.1 Å². The Morgan fingerprint density at radius 1 is 1.26 bits per heavy atom. The number of nitrogens with one attached hydrogen (secondary N) is 1. The topological polar surface area (TPSA) is 55.1 Å². The Morgan fingerprint density at radius 2 is 1.95 bits per heavy atom. The number of nitrogen functional groups attached to an aromatic ring is 1. The van der Waals surface area contributed by atoms with Gasteiger partial charge in [-0.2, -0.15) is 0 Å². The van der Waals surface area contributed by atoms with Crippen molar-refractivity contribution in [3.05, 3.63) is 22.7 Å². The highest BCUT2D eigenvalue weighted by Crippen LogP contribution is 2.27. The van der Waals surface area contributed by atoms with E-state index in [1.165, 1.54) is 38.5 Å². The van der Waals surface area contributed by atoms with Gasteiger partial charge in [0.1, 0.15) is 0 Å². The van der Waals surface area contributed by atoms with Gasteiger partial charge in [0, 0.05) is 22.3 Å². The van der Waals surface area contributed by atoms with E-state index in [4.69, 9.17) is 5.73 Å². The molecular weight excluding hydrogens is 304 g/mol. The molecule has 1 fully saturated rings. The Hall–Kier alpha value is -1.03. The number of nitrogens with two attached hydrogens (primary N) is 1. The summed E-state index contributed by atoms with van der Waals surface area (Å²) in [6.45, 7) is 0. The van der Waals surface area contributed by atoms with Gasteiger partial charge < -0.3 is 11.1 Å². The van der Waals surface area contributed by atoms with Crippen molar-refractivity contribution in [1.29, 1.82) is 0 Å². The van der Waals surface area contributed by atoms with Gasteiger partial charge in [-0.1, -0.05) is 25.7 Å². The van der Waals surface area contributed by atoms with Crippen molar-refractivity contribution >= 4 is 33.2 Å². The van der Waals surface area contributed by atoms with E-state index in [0.29, 0.717) is 18.0 Å². The number of rotatable bonds is 3. The third-order valence-electron chi connectivity index (χ3n) is 3.73. The van der Waals surface area contributed by atoms with Crippen LogP contribution in [-0.2, 0) is 4.79 Å². The Labute approximate surface area is 123 Å². The molecule has 0 bridgehead atoms. The molecular formula is C15H21BrN2O. The first-order valence-corrected chi connectivity index (χ1v) is 7.79. The van der Waals surface area contributed by atoms with Crippen LogP contribution >= 0.6 is 15.9 Å². The fourth-order valence-electron chi connectivity index (χ4n) is 2.66. The quantitative estimate of drug-likeness (QED) is 0.642. The number of hydrogen-bond acceptors (Lipinski definition) is 2. The van der Waals surface area contributed by atoms with Gasteiger partial charge in [-0.25, -0.2) is 0 Å². The summed E-state index contributed by atoms with van der Waals surface area (Å²) in [4.78, 5) is 12.0. The summed E-state index contributed by atoms with van der Waals surface area (Å²) < 4.78 is 0.856. The molecule has 0 heterocycles. The molecule has 0 saturated heterocycles. The average molecular weight is 325 g/mol. The minimum Gasteiger partial charge on any atom is -0.398 e. The average Bonchev–Trinajstić information content (AvgIpc) is 2.62. The van der Waals surface area contributed by atoms with E-state index < -0.39 is 0 Å². The lowest BCUT2D eigenvalue weighted by molar-refractivity contribution is -0.117. The van der Waals surface area contributed by atoms with Gasteiger partial charge in [0.15, 0.2) is 0 Å². The molecule has 3 nitrogen and oxygen atoms in total. The maximum atomic E-state index is 12.0. The van der Waals surface area contributed by atoms with E-state index in [1.54, 1.807) is 6.07 Å². The van der Waals surface area contributed by atoms with Crippen molar-refractivity contribution in [2.75, 3.05) is 11.1 Å². The molecule has 19 heavy (non-hydrogen) atoms. The van der Waals surface area contributed by atoms with Crippen LogP contribution in [0.15, 0.2) is 22.7 Å². The molecule has 0 spiro atoms. The molecule has 0 atom stereocenters. The van der Waals surface area contributed by atoms with Crippen LogP contribution in [0.25, 0.3) is 0 Å². The predicted molar refractivity (Wildman–Crippen MR) is 83.0 cm³/mol. The third kappa shape index (κ3) is 4.53. The SMILES string of the molecule is Nc1cc(NC(=O)CC2CCCCCC2)ccc1Br. The largest absolute Gasteiger partial charge is 0.398 e. The number of amides is 1. The highest BCUT2D eigenvalue weighted by atomic mass is 79.9. The molecule has 104 valence electrons. The normalized spacial score (nSPS) is 16.9. The van der Waals surface area contributed by atoms with Gasteiger partial charge in [-0.15, -0.1) is 0 Å². The van der Waals surface area contributed by atoms with Crippen molar-refractivity contribution in [1.82, 2.24) is 0 Å². The summed E-state index contributed by atoms with van der Waals surface area (Å²) in [5.41, 5.74) is 7.23. The fourth-order valence-corrected chi connectivity index (χ4v) is 2.91. The van der Waals surface area contributed by atoms with Gasteiger partial charge >= 0.3 is 0 Å². The van der Waals surface area contributed by atoms with Gasteiger partial charge in [0.2, 0.25) is 5.91 Å². The first-order valence-electron chi connectivity index (χ1n) is 7.00. The lowest BCUT2D eigenvalue weighted by Gasteiger charge is -2.14. The van der Waals surface area contributed by atoms with Crippen LogP contribution in [0.1, 0.15) is 44.9 Å². The zero-order chi connectivity index (χ0) is 13.7. The second-order valence-corrected chi connectivity index (χ2v) is 6.20. The van der Waals surface area contributed by atoms with Crippen LogP contribution in [-0.4, -0.2) is 5.91 Å². The maximum Gasteiger partial charge on any atom is 0.224 e. The van der Waals surface area contributed by atoms with Crippen LogP contribution in [0, 0.1) is 5.92 Å². The lowest BCUT2D eigenvalue weighted by atomic mass is 9.96. The standard InChI is InChI=1S/C15H21BrN2O/c16-13-8-7-12(10-14(13)17)18-15(19)9-11-5-3-1-2-4-6-11/h7-8,10-11H,1-6,9,17H2,(H,18,19). The minimum absolute atomic E-state index is 0.105. The highest BCUT2D eigenvalue weighted by molar-refractivity contribution is 9.10. The van der Waals surface area contributed by atoms with Gasteiger partial charge in [-0.05, 0) is 52.9 Å². The fraction of sp³-hybridized carbons (Fsp3) is 0.533. The van der Waals surface area contributed by atoms with E-state index >= 15 is 0 Å². The van der Waals surface area contributed by atoms with Gasteiger partial charge in [0.25, 0.3) is 0 Å². The third-order valence-corrected chi connectivity index (χ3v) is 4.45. The summed E-state index contributed by atoms with van der Waals surface area (Å²) in [6.07, 6.45) is 8.19. The predicted octanol–water partition coefficient (Wildman–Crippen LogP) is 4.33. The monoisotopic (exact) mass is 324 g/mol. The molecule has 1 aliphatic rings. The molecule has 0 unspecified atom stereocenters. The van der Waals surface area contributed by atoms with E-state index in [1.807, 2.05) is 12.1 Å². The first-order chi connectivity index (χ1) is 9.15. The summed E-state index contributed by atoms with van der Waals surface area (Å²) in [5.74, 6) is 0.656. The second-order valence-electron chi connectivity index (χ2n) is 5.35. The molecule has 1 amide bonds. The molecule has 1 aromatic carbocycles. The molecule has 0 radical (unpaired) electrons. The molecule has 0 aliphatic heterocycles. The Balaban J connectivity index is 1.87. The van der Waals surface area contributed by atoms with E-state index in [0.717, 1.165) is 10.2 Å². The van der Waals surface area contributed by atoms with E-state index in [9.17, 15) is 4.79 Å². The van der Waals surface area contributed by atoms with Crippen molar-refractivity contribution < 1.29 is 4.79 Å². The first kappa shape index (κ1) is 14.4. The maximum absolute atomic E-state index is 12.0. The highest BCUT2D eigenvalue weighted by Gasteiger charge is 2.16. The number of halogens is 1. The Morgan fingerprint density at radius 3 is 2.58 bits per heavy atom. The Bertz CT molecular complexity index is 440. The number of benzene rings is 1. The molecule has 0 aromatic heterocycles. The zero-order valence-electron chi connectivity index (χ0n) is 11.1. The van der Waals surface area contributed by atoms with E-state index in [-0.39, 0.29) is 5.91 Å². The lowest BCUT2D eigenvalue weighted by Crippen LogP contribution is -2.16. The number of carbonyl (C=O) groups excluding carboxylic acids is 1. The van der Waals surface area contributed by atoms with Gasteiger partial charge in [-0.3, -0.25) is 4.79 Å². The minimum atomic E-state index is 0.105. The second kappa shape index (κ2) is 6.94. The van der Waals surface area contributed by atoms with Crippen LogP contribution in [0.4, 0.5) is 11.4 Å². The summed E-state index contributed by atoms with van der Waals surface area (Å²) in [5, 5.41) is 2.94. The molecule has 1 aliphatic carbocycles. The van der Waals surface area contributed by atoms with Crippen molar-refractivity contribution in [2.24, 2.45) is 5.92 Å². The molecule has 3 N–H and O–H groups in total. The number of hydrogen-bond donors (Lipinski definition) is 2. The smallest absolute Gasteiger partial charge is 0.224 e. The molecule has 2 rings (SSSR count). The molecule has 1 aromatic rings. The zero-order valence-corrected chi connectivity index (χ0v) is 12.7. The summed E-state index contributed by atoms with van der Waals surface area (Å²) in [6, 6.07) is 5.51. The molecule has 1 saturated carbocycles. The van der Waals surface area contributed by atoms with Crippen LogP contribution in [0.3, 0.4) is 0 Å². The Kier molecular flexibility index (Phi) is 5.25. The van der Waals surface area contributed by atoms with Crippen LogP contribution in [0.5, 0.6) is 0 Å².